The number of urea groups is 1. The highest BCUT2D eigenvalue weighted by atomic mass is 16.3. The van der Waals surface area contributed by atoms with Crippen LogP contribution in [0.5, 0.6) is 0 Å². The van der Waals surface area contributed by atoms with Crippen LogP contribution >= 0.6 is 0 Å². The van der Waals surface area contributed by atoms with Crippen molar-refractivity contribution in [3.05, 3.63) is 59.2 Å². The van der Waals surface area contributed by atoms with Crippen molar-refractivity contribution in [3.63, 3.8) is 0 Å². The maximum absolute atomic E-state index is 11.9. The van der Waals surface area contributed by atoms with Gasteiger partial charge in [-0.05, 0) is 49.6 Å². The Morgan fingerprint density at radius 2 is 1.72 bits per heavy atom. The number of nitrogens with one attached hydrogen (secondary N) is 3. The zero-order valence-electron chi connectivity index (χ0n) is 14.4. The minimum atomic E-state index is -0.551. The zero-order valence-corrected chi connectivity index (χ0v) is 14.4. The summed E-state index contributed by atoms with van der Waals surface area (Å²) < 4.78 is 0. The number of carbonyl (C=O) groups excluding carboxylic acids is 2. The smallest absolute Gasteiger partial charge is 0.319 e. The Kier molecular flexibility index (Phi) is 6.54. The Morgan fingerprint density at radius 3 is 2.40 bits per heavy atom. The van der Waals surface area contributed by atoms with Crippen LogP contribution in [-0.4, -0.2) is 30.2 Å². The fourth-order valence-electron chi connectivity index (χ4n) is 2.28. The van der Waals surface area contributed by atoms with Crippen LogP contribution in [0.2, 0.25) is 0 Å². The Bertz CT molecular complexity index is 742. The van der Waals surface area contributed by atoms with E-state index in [0.29, 0.717) is 18.7 Å². The van der Waals surface area contributed by atoms with E-state index in [2.05, 4.69) is 16.0 Å². The number of hydrogen-bond donors (Lipinski definition) is 4. The number of rotatable bonds is 6. The summed E-state index contributed by atoms with van der Waals surface area (Å²) in [7, 11) is 0. The van der Waals surface area contributed by atoms with Crippen LogP contribution in [0.3, 0.4) is 0 Å². The molecule has 4 N–H and O–H groups in total. The summed E-state index contributed by atoms with van der Waals surface area (Å²) in [5.41, 5.74) is 4.44. The number of aryl methyl sites for hydroxylation is 2. The van der Waals surface area contributed by atoms with E-state index in [1.807, 2.05) is 56.3 Å². The highest BCUT2D eigenvalue weighted by Crippen LogP contribution is 2.17. The Morgan fingerprint density at radius 1 is 1.00 bits per heavy atom. The van der Waals surface area contributed by atoms with Gasteiger partial charge in [0.05, 0.1) is 0 Å². The van der Waals surface area contributed by atoms with Crippen LogP contribution in [0.1, 0.15) is 16.7 Å². The molecular formula is C19H23N3O3. The summed E-state index contributed by atoms with van der Waals surface area (Å²) in [4.78, 5) is 23.2. The number of anilines is 2. The molecule has 0 aliphatic rings. The van der Waals surface area contributed by atoms with Gasteiger partial charge in [-0.15, -0.1) is 0 Å². The number of aliphatic hydroxyl groups excluding tert-OH is 1. The van der Waals surface area contributed by atoms with Gasteiger partial charge in [-0.3, -0.25) is 4.79 Å². The lowest BCUT2D eigenvalue weighted by Gasteiger charge is -2.11. The lowest BCUT2D eigenvalue weighted by molar-refractivity contribution is -0.118. The molecule has 2 aromatic rings. The minimum Gasteiger partial charge on any atom is -0.387 e. The average molecular weight is 341 g/mol. The van der Waals surface area contributed by atoms with E-state index in [9.17, 15) is 9.59 Å². The van der Waals surface area contributed by atoms with E-state index in [1.165, 1.54) is 0 Å². The molecule has 2 rings (SSSR count). The van der Waals surface area contributed by atoms with Crippen molar-refractivity contribution in [3.8, 4) is 0 Å². The maximum atomic E-state index is 11.9. The standard InChI is InChI=1S/C19H23N3O3/c1-13-3-7-16(8-4-13)21-19(25)20-10-9-15-6-5-14(2)17(11-15)22-18(24)12-23/h3-8,11,23H,9-10,12H2,1-2H3,(H,22,24)(H2,20,21,25). The molecule has 0 saturated heterocycles. The molecule has 0 spiro atoms. The summed E-state index contributed by atoms with van der Waals surface area (Å²) in [6.07, 6.45) is 0.629. The lowest BCUT2D eigenvalue weighted by atomic mass is 10.1. The number of amides is 3. The molecule has 0 atom stereocenters. The van der Waals surface area contributed by atoms with Crippen LogP contribution in [0.4, 0.5) is 16.2 Å². The van der Waals surface area contributed by atoms with Crippen molar-refractivity contribution < 1.29 is 14.7 Å². The molecule has 0 heterocycles. The largest absolute Gasteiger partial charge is 0.387 e. The first kappa shape index (κ1) is 18.5. The van der Waals surface area contributed by atoms with Crippen molar-refractivity contribution in [1.82, 2.24) is 5.32 Å². The van der Waals surface area contributed by atoms with Gasteiger partial charge in [0.2, 0.25) is 5.91 Å². The molecule has 2 aromatic carbocycles. The van der Waals surface area contributed by atoms with Gasteiger partial charge in [-0.1, -0.05) is 29.8 Å². The SMILES string of the molecule is Cc1ccc(NC(=O)NCCc2ccc(C)c(NC(=O)CO)c2)cc1. The molecule has 0 unspecified atom stereocenters. The first-order chi connectivity index (χ1) is 12.0. The molecular weight excluding hydrogens is 318 g/mol. The Balaban J connectivity index is 1.84. The third-order valence-electron chi connectivity index (χ3n) is 3.73. The molecule has 0 radical (unpaired) electrons. The van der Waals surface area contributed by atoms with Gasteiger partial charge < -0.3 is 21.1 Å². The van der Waals surface area contributed by atoms with Crippen molar-refractivity contribution in [1.29, 1.82) is 0 Å². The first-order valence-corrected chi connectivity index (χ1v) is 8.09. The molecule has 0 saturated carbocycles. The van der Waals surface area contributed by atoms with Crippen molar-refractivity contribution in [2.75, 3.05) is 23.8 Å². The lowest BCUT2D eigenvalue weighted by Crippen LogP contribution is -2.30. The zero-order chi connectivity index (χ0) is 18.2. The van der Waals surface area contributed by atoms with Crippen LogP contribution in [0.25, 0.3) is 0 Å². The number of hydrogen-bond acceptors (Lipinski definition) is 3. The van der Waals surface area contributed by atoms with Crippen LogP contribution < -0.4 is 16.0 Å². The fraction of sp³-hybridized carbons (Fsp3) is 0.263. The predicted molar refractivity (Wildman–Crippen MR) is 98.8 cm³/mol. The molecule has 0 aliphatic heterocycles. The first-order valence-electron chi connectivity index (χ1n) is 8.09. The minimum absolute atomic E-state index is 0.259. The summed E-state index contributed by atoms with van der Waals surface area (Å²) in [6, 6.07) is 13.0. The van der Waals surface area contributed by atoms with Crippen molar-refractivity contribution in [2.45, 2.75) is 20.3 Å². The van der Waals surface area contributed by atoms with Gasteiger partial charge in [-0.2, -0.15) is 0 Å². The molecule has 0 fully saturated rings. The second kappa shape index (κ2) is 8.84. The maximum Gasteiger partial charge on any atom is 0.319 e. The van der Waals surface area contributed by atoms with Gasteiger partial charge >= 0.3 is 6.03 Å². The molecule has 25 heavy (non-hydrogen) atoms. The molecule has 0 bridgehead atoms. The van der Waals surface area contributed by atoms with Gasteiger partial charge in [0.15, 0.2) is 0 Å². The monoisotopic (exact) mass is 341 g/mol. The predicted octanol–water partition coefficient (Wildman–Crippen LogP) is 2.60. The second-order valence-electron chi connectivity index (χ2n) is 5.85. The second-order valence-corrected chi connectivity index (χ2v) is 5.85. The van der Waals surface area contributed by atoms with Crippen molar-refractivity contribution in [2.24, 2.45) is 0 Å². The topological polar surface area (TPSA) is 90.5 Å². The van der Waals surface area contributed by atoms with Crippen LogP contribution in [0, 0.1) is 13.8 Å². The van der Waals surface area contributed by atoms with E-state index >= 15 is 0 Å². The highest BCUT2D eigenvalue weighted by Gasteiger charge is 2.06. The van der Waals surface area contributed by atoms with E-state index in [1.54, 1.807) is 0 Å². The van der Waals surface area contributed by atoms with E-state index < -0.39 is 12.5 Å². The van der Waals surface area contributed by atoms with Gasteiger partial charge in [-0.25, -0.2) is 4.79 Å². The van der Waals surface area contributed by atoms with Crippen LogP contribution in [-0.2, 0) is 11.2 Å². The molecule has 6 nitrogen and oxygen atoms in total. The van der Waals surface area contributed by atoms with Gasteiger partial charge in [0, 0.05) is 17.9 Å². The Hall–Kier alpha value is -2.86. The third-order valence-corrected chi connectivity index (χ3v) is 3.73. The van der Waals surface area contributed by atoms with Crippen molar-refractivity contribution >= 4 is 23.3 Å². The average Bonchev–Trinajstić information content (AvgIpc) is 2.59. The fourth-order valence-corrected chi connectivity index (χ4v) is 2.28. The molecule has 3 amide bonds. The number of aliphatic hydroxyl groups is 1. The van der Waals surface area contributed by atoms with Gasteiger partial charge in [0.25, 0.3) is 0 Å². The summed E-state index contributed by atoms with van der Waals surface area (Å²) in [6.45, 7) is 3.78. The van der Waals surface area contributed by atoms with Crippen LogP contribution in [0.15, 0.2) is 42.5 Å². The summed E-state index contributed by atoms with van der Waals surface area (Å²) in [5, 5.41) is 17.1. The molecule has 132 valence electrons. The molecule has 0 aliphatic carbocycles. The highest BCUT2D eigenvalue weighted by molar-refractivity contribution is 5.92. The Labute approximate surface area is 147 Å². The normalized spacial score (nSPS) is 10.2. The summed E-state index contributed by atoms with van der Waals surface area (Å²) >= 11 is 0. The third kappa shape index (κ3) is 5.93. The number of benzene rings is 2. The molecule has 0 aromatic heterocycles. The number of carbonyl (C=O) groups is 2. The molecule has 6 heteroatoms. The van der Waals surface area contributed by atoms with E-state index in [4.69, 9.17) is 5.11 Å². The summed E-state index contributed by atoms with van der Waals surface area (Å²) in [5.74, 6) is -0.448. The van der Waals surface area contributed by atoms with E-state index in [0.717, 1.165) is 22.4 Å². The van der Waals surface area contributed by atoms with Gasteiger partial charge in [0.1, 0.15) is 6.61 Å². The van der Waals surface area contributed by atoms with E-state index in [-0.39, 0.29) is 6.03 Å². The quantitative estimate of drug-likeness (QED) is 0.651.